The molecule has 0 bridgehead atoms. The maximum atomic E-state index is 12.9. The van der Waals surface area contributed by atoms with E-state index in [9.17, 15) is 9.59 Å². The van der Waals surface area contributed by atoms with Crippen LogP contribution in [-0.2, 0) is 6.42 Å². The first-order chi connectivity index (χ1) is 13.8. The first-order valence-electron chi connectivity index (χ1n) is 9.92. The Hall–Kier alpha value is -3.22. The van der Waals surface area contributed by atoms with E-state index in [-0.39, 0.29) is 11.9 Å². The van der Waals surface area contributed by atoms with Crippen molar-refractivity contribution in [2.45, 2.75) is 46.1 Å². The lowest BCUT2D eigenvalue weighted by Crippen LogP contribution is -2.35. The topological polar surface area (TPSA) is 93.6 Å². The Morgan fingerprint density at radius 2 is 1.86 bits per heavy atom. The highest BCUT2D eigenvalue weighted by Gasteiger charge is 2.20. The van der Waals surface area contributed by atoms with Crippen LogP contribution in [0.2, 0.25) is 0 Å². The van der Waals surface area contributed by atoms with Crippen molar-refractivity contribution in [1.29, 1.82) is 0 Å². The molecule has 152 valence electrons. The third kappa shape index (κ3) is 4.13. The van der Waals surface area contributed by atoms with Crippen molar-refractivity contribution < 1.29 is 9.59 Å². The number of amides is 2. The number of benzene rings is 1. The summed E-state index contributed by atoms with van der Waals surface area (Å²) in [5.41, 5.74) is 9.29. The van der Waals surface area contributed by atoms with Gasteiger partial charge in [0.2, 0.25) is 5.91 Å². The normalized spacial score (nSPS) is 12.1. The number of fused-ring (bicyclic) bond motifs is 1. The van der Waals surface area contributed by atoms with E-state index in [0.29, 0.717) is 16.9 Å². The van der Waals surface area contributed by atoms with Crippen LogP contribution < -0.4 is 5.73 Å². The highest BCUT2D eigenvalue weighted by molar-refractivity contribution is 5.94. The molecule has 7 nitrogen and oxygen atoms in total. The second-order valence-electron chi connectivity index (χ2n) is 7.28. The molecule has 3 aromatic rings. The van der Waals surface area contributed by atoms with Crippen molar-refractivity contribution in [1.82, 2.24) is 19.5 Å². The van der Waals surface area contributed by atoms with Crippen LogP contribution in [0.25, 0.3) is 16.9 Å². The second-order valence-corrected chi connectivity index (χ2v) is 7.28. The summed E-state index contributed by atoms with van der Waals surface area (Å²) in [4.78, 5) is 30.5. The van der Waals surface area contributed by atoms with Gasteiger partial charge < -0.3 is 10.6 Å². The molecule has 29 heavy (non-hydrogen) atoms. The minimum atomic E-state index is -0.467. The molecular weight excluding hydrogens is 366 g/mol. The van der Waals surface area contributed by atoms with Gasteiger partial charge >= 0.3 is 0 Å². The fraction of sp³-hybridized carbons (Fsp3) is 0.364. The molecule has 0 aliphatic carbocycles. The van der Waals surface area contributed by atoms with E-state index in [2.05, 4.69) is 17.0 Å². The molecule has 2 N–H and O–H groups in total. The molecule has 2 aromatic heterocycles. The van der Waals surface area contributed by atoms with Crippen molar-refractivity contribution in [3.05, 3.63) is 53.3 Å². The Kier molecular flexibility index (Phi) is 5.96. The summed E-state index contributed by atoms with van der Waals surface area (Å²) in [5.74, 6) is -0.553. The van der Waals surface area contributed by atoms with Crippen LogP contribution in [0.15, 0.2) is 36.4 Å². The van der Waals surface area contributed by atoms with Crippen molar-refractivity contribution in [3.63, 3.8) is 0 Å². The summed E-state index contributed by atoms with van der Waals surface area (Å²) >= 11 is 0. The number of carbonyl (C=O) groups excluding carboxylic acids is 2. The molecule has 1 unspecified atom stereocenters. The Morgan fingerprint density at radius 3 is 2.45 bits per heavy atom. The number of nitrogens with zero attached hydrogens (tertiary/aromatic N) is 4. The Labute approximate surface area is 170 Å². The quantitative estimate of drug-likeness (QED) is 0.666. The van der Waals surface area contributed by atoms with Gasteiger partial charge in [-0.15, -0.1) is 0 Å². The Morgan fingerprint density at radius 1 is 1.17 bits per heavy atom. The largest absolute Gasteiger partial charge is 0.366 e. The van der Waals surface area contributed by atoms with Crippen LogP contribution >= 0.6 is 0 Å². The van der Waals surface area contributed by atoms with Gasteiger partial charge in [-0.25, -0.2) is 9.50 Å². The predicted molar refractivity (Wildman–Crippen MR) is 113 cm³/mol. The van der Waals surface area contributed by atoms with E-state index in [1.165, 1.54) is 0 Å². The molecule has 2 amide bonds. The van der Waals surface area contributed by atoms with Crippen molar-refractivity contribution in [2.24, 2.45) is 5.73 Å². The van der Waals surface area contributed by atoms with E-state index < -0.39 is 5.91 Å². The summed E-state index contributed by atoms with van der Waals surface area (Å²) in [7, 11) is 1.82. The summed E-state index contributed by atoms with van der Waals surface area (Å²) in [5, 5.41) is 4.65. The molecule has 3 rings (SSSR count). The molecule has 0 radical (unpaired) electrons. The van der Waals surface area contributed by atoms with E-state index in [1.807, 2.05) is 33.0 Å². The summed E-state index contributed by atoms with van der Waals surface area (Å²) in [6, 6.07) is 10.8. The van der Waals surface area contributed by atoms with Gasteiger partial charge in [0.15, 0.2) is 5.65 Å². The van der Waals surface area contributed by atoms with Gasteiger partial charge in [0.25, 0.3) is 5.91 Å². The van der Waals surface area contributed by atoms with Crippen molar-refractivity contribution in [2.75, 3.05) is 7.05 Å². The van der Waals surface area contributed by atoms with E-state index in [1.54, 1.807) is 33.7 Å². The summed E-state index contributed by atoms with van der Waals surface area (Å²) in [6.07, 6.45) is 2.69. The van der Waals surface area contributed by atoms with Crippen LogP contribution in [0, 0.1) is 0 Å². The van der Waals surface area contributed by atoms with E-state index in [4.69, 9.17) is 5.73 Å². The average molecular weight is 393 g/mol. The standard InChI is InChI=1S/C22H27N5O2/c1-5-7-14(3)26(4)22(29)19-12-17(6-2)27-20(24-19)13-18(25-27)15-8-10-16(11-9-15)21(23)28/h8-14H,5-7H2,1-4H3,(H2,23,28). The number of aryl methyl sites for hydroxylation is 1. The highest BCUT2D eigenvalue weighted by atomic mass is 16.2. The number of hydrogen-bond donors (Lipinski definition) is 1. The van der Waals surface area contributed by atoms with Gasteiger partial charge in [-0.2, -0.15) is 5.10 Å². The lowest BCUT2D eigenvalue weighted by atomic mass is 10.1. The first kappa shape index (κ1) is 20.5. The second kappa shape index (κ2) is 8.43. The molecule has 1 atom stereocenters. The SMILES string of the molecule is CCCC(C)N(C)C(=O)c1cc(CC)n2nc(-c3ccc(C(N)=O)cc3)cc2n1. The number of rotatable bonds is 7. The highest BCUT2D eigenvalue weighted by Crippen LogP contribution is 2.22. The zero-order valence-electron chi connectivity index (χ0n) is 17.3. The molecule has 0 aliphatic rings. The minimum absolute atomic E-state index is 0.0864. The minimum Gasteiger partial charge on any atom is -0.366 e. The molecule has 0 saturated heterocycles. The average Bonchev–Trinajstić information content (AvgIpc) is 3.16. The molecule has 0 aliphatic heterocycles. The molecule has 1 aromatic carbocycles. The van der Waals surface area contributed by atoms with Crippen molar-refractivity contribution in [3.8, 4) is 11.3 Å². The maximum Gasteiger partial charge on any atom is 0.272 e. The molecule has 0 spiro atoms. The van der Waals surface area contributed by atoms with Gasteiger partial charge in [-0.05, 0) is 38.0 Å². The summed E-state index contributed by atoms with van der Waals surface area (Å²) < 4.78 is 1.77. The summed E-state index contributed by atoms with van der Waals surface area (Å²) in [6.45, 7) is 6.18. The molecule has 2 heterocycles. The third-order valence-electron chi connectivity index (χ3n) is 5.24. The number of carbonyl (C=O) groups is 2. The number of hydrogen-bond acceptors (Lipinski definition) is 4. The van der Waals surface area contributed by atoms with E-state index >= 15 is 0 Å². The van der Waals surface area contributed by atoms with Crippen LogP contribution in [-0.4, -0.2) is 44.4 Å². The van der Waals surface area contributed by atoms with Gasteiger partial charge in [0.05, 0.1) is 5.69 Å². The van der Waals surface area contributed by atoms with Gasteiger partial charge in [0.1, 0.15) is 5.69 Å². The molecule has 0 fully saturated rings. The fourth-order valence-corrected chi connectivity index (χ4v) is 3.34. The van der Waals surface area contributed by atoms with Crippen LogP contribution in [0.3, 0.4) is 0 Å². The van der Waals surface area contributed by atoms with Crippen LogP contribution in [0.4, 0.5) is 0 Å². The van der Waals surface area contributed by atoms with Crippen LogP contribution in [0.1, 0.15) is 60.2 Å². The predicted octanol–water partition coefficient (Wildman–Crippen LogP) is 3.32. The zero-order valence-corrected chi connectivity index (χ0v) is 17.3. The number of primary amides is 1. The Balaban J connectivity index is 2.00. The van der Waals surface area contributed by atoms with Gasteiger partial charge in [-0.1, -0.05) is 32.4 Å². The first-order valence-corrected chi connectivity index (χ1v) is 9.92. The lowest BCUT2D eigenvalue weighted by Gasteiger charge is -2.24. The molecular formula is C22H27N5O2. The van der Waals surface area contributed by atoms with Gasteiger partial charge in [-0.3, -0.25) is 9.59 Å². The number of aromatic nitrogens is 3. The fourth-order valence-electron chi connectivity index (χ4n) is 3.34. The lowest BCUT2D eigenvalue weighted by molar-refractivity contribution is 0.0730. The monoisotopic (exact) mass is 393 g/mol. The number of nitrogens with two attached hydrogens (primary N) is 1. The smallest absolute Gasteiger partial charge is 0.272 e. The Bertz CT molecular complexity index is 1040. The molecule has 0 saturated carbocycles. The third-order valence-corrected chi connectivity index (χ3v) is 5.24. The molecule has 7 heteroatoms. The van der Waals surface area contributed by atoms with Crippen molar-refractivity contribution >= 4 is 17.5 Å². The zero-order chi connectivity index (χ0) is 21.1. The maximum absolute atomic E-state index is 12.9. The van der Waals surface area contributed by atoms with Crippen LogP contribution in [0.5, 0.6) is 0 Å². The van der Waals surface area contributed by atoms with E-state index in [0.717, 1.165) is 36.2 Å². The van der Waals surface area contributed by atoms with Gasteiger partial charge in [0, 0.05) is 36.0 Å².